The highest BCUT2D eigenvalue weighted by Gasteiger charge is 2.15. The van der Waals surface area contributed by atoms with Crippen LogP contribution in [0.15, 0.2) is 36.4 Å². The van der Waals surface area contributed by atoms with Crippen molar-refractivity contribution in [1.29, 1.82) is 0 Å². The highest BCUT2D eigenvalue weighted by molar-refractivity contribution is 5.40. The molecule has 4 nitrogen and oxygen atoms in total. The summed E-state index contributed by atoms with van der Waals surface area (Å²) in [5.41, 5.74) is 4.92. The second kappa shape index (κ2) is 20.0. The largest absolute Gasteiger partial charge is 0.491 e. The van der Waals surface area contributed by atoms with Gasteiger partial charge in [0.05, 0.1) is 0 Å². The molecule has 0 saturated carbocycles. The van der Waals surface area contributed by atoms with Crippen molar-refractivity contribution in [1.82, 2.24) is 9.80 Å². The summed E-state index contributed by atoms with van der Waals surface area (Å²) >= 11 is 0. The monoisotopic (exact) mass is 566 g/mol. The van der Waals surface area contributed by atoms with E-state index in [0.717, 1.165) is 37.8 Å². The number of ether oxygens (including phenoxy) is 2. The zero-order valence-electron chi connectivity index (χ0n) is 27.9. The summed E-state index contributed by atoms with van der Waals surface area (Å²) < 4.78 is 12.5. The molecule has 0 amide bonds. The van der Waals surface area contributed by atoms with Gasteiger partial charge in [0, 0.05) is 12.1 Å². The van der Waals surface area contributed by atoms with E-state index in [1.54, 1.807) is 0 Å². The van der Waals surface area contributed by atoms with Crippen molar-refractivity contribution < 1.29 is 9.47 Å². The van der Waals surface area contributed by atoms with E-state index in [9.17, 15) is 0 Å². The van der Waals surface area contributed by atoms with E-state index in [0.29, 0.717) is 12.1 Å². The maximum atomic E-state index is 6.23. The first kappa shape index (κ1) is 35.2. The van der Waals surface area contributed by atoms with Crippen LogP contribution in [0.1, 0.15) is 108 Å². The summed E-state index contributed by atoms with van der Waals surface area (Å²) in [5.74, 6) is 2.12. The van der Waals surface area contributed by atoms with Crippen LogP contribution in [0.5, 0.6) is 11.5 Å². The molecule has 41 heavy (non-hydrogen) atoms. The van der Waals surface area contributed by atoms with Crippen LogP contribution in [0.4, 0.5) is 0 Å². The molecule has 0 bridgehead atoms. The first-order valence-corrected chi connectivity index (χ1v) is 16.6. The number of para-hydroxylation sites is 2. The highest BCUT2D eigenvalue weighted by atomic mass is 16.5. The summed E-state index contributed by atoms with van der Waals surface area (Å²) in [6.45, 7) is 23.7. The molecule has 0 heterocycles. The van der Waals surface area contributed by atoms with Gasteiger partial charge in [0.1, 0.15) is 24.7 Å². The fourth-order valence-electron chi connectivity index (χ4n) is 5.92. The van der Waals surface area contributed by atoms with Gasteiger partial charge in [-0.3, -0.25) is 9.80 Å². The Labute approximate surface area is 253 Å². The van der Waals surface area contributed by atoms with Crippen molar-refractivity contribution in [3.05, 3.63) is 58.7 Å². The molecule has 0 fully saturated rings. The van der Waals surface area contributed by atoms with Crippen LogP contribution in [0.3, 0.4) is 0 Å². The SMILES string of the molecule is CCN(CCCCCCCCCCCN(CC)C(C)COc1c(C)cccc1C)C(C)COc1c(C)cccc1C. The molecule has 0 N–H and O–H groups in total. The standard InChI is InChI=1S/C37H62N2O2/c1-9-38(34(7)28-40-36-30(3)22-20-23-31(36)4)26-18-16-14-12-11-13-15-17-19-27-39(10-2)35(8)29-41-37-32(5)24-21-25-33(37)6/h20-25,34-35H,9-19,26-29H2,1-8H3. The number of unbranched alkanes of at least 4 members (excludes halogenated alkanes) is 8. The molecule has 0 aliphatic heterocycles. The fourth-order valence-corrected chi connectivity index (χ4v) is 5.92. The molecule has 0 radical (unpaired) electrons. The molecule has 4 heteroatoms. The Morgan fingerprint density at radius 2 is 0.805 bits per heavy atom. The number of hydrogen-bond acceptors (Lipinski definition) is 4. The van der Waals surface area contributed by atoms with Crippen molar-refractivity contribution in [3.8, 4) is 11.5 Å². The third kappa shape index (κ3) is 12.8. The van der Waals surface area contributed by atoms with Crippen LogP contribution in [0, 0.1) is 27.7 Å². The quantitative estimate of drug-likeness (QED) is 0.133. The Morgan fingerprint density at radius 1 is 0.512 bits per heavy atom. The van der Waals surface area contributed by atoms with Gasteiger partial charge >= 0.3 is 0 Å². The zero-order chi connectivity index (χ0) is 30.0. The van der Waals surface area contributed by atoms with Crippen molar-refractivity contribution in [2.75, 3.05) is 39.4 Å². The minimum Gasteiger partial charge on any atom is -0.491 e. The molecule has 0 aromatic heterocycles. The lowest BCUT2D eigenvalue weighted by Crippen LogP contribution is -2.38. The Hall–Kier alpha value is -2.04. The van der Waals surface area contributed by atoms with Gasteiger partial charge < -0.3 is 9.47 Å². The molecule has 2 aromatic rings. The summed E-state index contributed by atoms with van der Waals surface area (Å²) in [6, 6.07) is 13.6. The van der Waals surface area contributed by atoms with Crippen molar-refractivity contribution >= 4 is 0 Å². The van der Waals surface area contributed by atoms with Crippen molar-refractivity contribution in [2.24, 2.45) is 0 Å². The molecular formula is C37H62N2O2. The lowest BCUT2D eigenvalue weighted by atomic mass is 10.1. The molecule has 0 saturated heterocycles. The first-order chi connectivity index (χ1) is 19.8. The normalized spacial score (nSPS) is 13.1. The molecule has 232 valence electrons. The van der Waals surface area contributed by atoms with Crippen LogP contribution in [-0.2, 0) is 0 Å². The summed E-state index contributed by atoms with van der Waals surface area (Å²) in [7, 11) is 0. The van der Waals surface area contributed by atoms with Gasteiger partial charge in [0.15, 0.2) is 0 Å². The number of hydrogen-bond donors (Lipinski definition) is 0. The maximum absolute atomic E-state index is 6.23. The van der Waals surface area contributed by atoms with Gasteiger partial charge in [0.25, 0.3) is 0 Å². The zero-order valence-corrected chi connectivity index (χ0v) is 27.9. The van der Waals surface area contributed by atoms with E-state index in [-0.39, 0.29) is 0 Å². The second-order valence-electron chi connectivity index (χ2n) is 12.2. The average Bonchev–Trinajstić information content (AvgIpc) is 2.95. The Morgan fingerprint density at radius 3 is 1.10 bits per heavy atom. The number of nitrogens with zero attached hydrogens (tertiary/aromatic N) is 2. The van der Waals surface area contributed by atoms with E-state index in [2.05, 4.69) is 102 Å². The van der Waals surface area contributed by atoms with E-state index in [1.165, 1.54) is 93.1 Å². The van der Waals surface area contributed by atoms with E-state index >= 15 is 0 Å². The first-order valence-electron chi connectivity index (χ1n) is 16.6. The lowest BCUT2D eigenvalue weighted by molar-refractivity contribution is 0.148. The third-order valence-corrected chi connectivity index (χ3v) is 8.70. The molecule has 0 spiro atoms. The molecular weight excluding hydrogens is 504 g/mol. The number of likely N-dealkylation sites (N-methyl/N-ethyl adjacent to an activating group) is 2. The third-order valence-electron chi connectivity index (χ3n) is 8.70. The van der Waals surface area contributed by atoms with Gasteiger partial charge in [-0.25, -0.2) is 0 Å². The molecule has 2 atom stereocenters. The average molecular weight is 567 g/mol. The molecule has 2 aromatic carbocycles. The van der Waals surface area contributed by atoms with Crippen molar-refractivity contribution in [3.63, 3.8) is 0 Å². The Balaban J connectivity index is 1.49. The van der Waals surface area contributed by atoms with Crippen LogP contribution < -0.4 is 9.47 Å². The smallest absolute Gasteiger partial charge is 0.125 e. The van der Waals surface area contributed by atoms with Crippen molar-refractivity contribution in [2.45, 2.75) is 125 Å². The van der Waals surface area contributed by atoms with E-state index in [1.807, 2.05) is 0 Å². The number of rotatable bonds is 22. The minimum atomic E-state index is 0.440. The van der Waals surface area contributed by atoms with Gasteiger partial charge in [-0.1, -0.05) is 95.2 Å². The second-order valence-corrected chi connectivity index (χ2v) is 12.2. The number of benzene rings is 2. The van der Waals surface area contributed by atoms with Crippen LogP contribution in [0.25, 0.3) is 0 Å². The Kier molecular flexibility index (Phi) is 17.1. The highest BCUT2D eigenvalue weighted by Crippen LogP contribution is 2.24. The van der Waals surface area contributed by atoms with Crippen LogP contribution in [-0.4, -0.2) is 61.3 Å². The molecule has 0 aliphatic carbocycles. The van der Waals surface area contributed by atoms with Gasteiger partial charge in [-0.2, -0.15) is 0 Å². The Bertz CT molecular complexity index is 857. The maximum Gasteiger partial charge on any atom is 0.125 e. The predicted octanol–water partition coefficient (Wildman–Crippen LogP) is 9.31. The molecule has 2 rings (SSSR count). The van der Waals surface area contributed by atoms with E-state index < -0.39 is 0 Å². The minimum absolute atomic E-state index is 0.440. The lowest BCUT2D eigenvalue weighted by Gasteiger charge is -2.28. The summed E-state index contributed by atoms with van der Waals surface area (Å²) in [6.07, 6.45) is 12.1. The van der Waals surface area contributed by atoms with Gasteiger partial charge in [-0.15, -0.1) is 0 Å². The van der Waals surface area contributed by atoms with Gasteiger partial charge in [-0.05, 0) is 103 Å². The van der Waals surface area contributed by atoms with Crippen LogP contribution >= 0.6 is 0 Å². The molecule has 0 aliphatic rings. The summed E-state index contributed by atoms with van der Waals surface area (Å²) in [4.78, 5) is 5.15. The topological polar surface area (TPSA) is 24.9 Å². The van der Waals surface area contributed by atoms with Gasteiger partial charge in [0.2, 0.25) is 0 Å². The van der Waals surface area contributed by atoms with Crippen LogP contribution in [0.2, 0.25) is 0 Å². The summed E-state index contributed by atoms with van der Waals surface area (Å²) in [5, 5.41) is 0. The molecule has 2 unspecified atom stereocenters. The number of aryl methyl sites for hydroxylation is 4. The fraction of sp³-hybridized carbons (Fsp3) is 0.676. The predicted molar refractivity (Wildman–Crippen MR) is 178 cm³/mol. The van der Waals surface area contributed by atoms with E-state index in [4.69, 9.17) is 9.47 Å².